The van der Waals surface area contributed by atoms with Gasteiger partial charge in [0, 0.05) is 18.1 Å². The number of hydrogen-bond donors (Lipinski definition) is 2. The van der Waals surface area contributed by atoms with E-state index < -0.39 is 0 Å². The number of fused-ring (bicyclic) bond motifs is 2. The summed E-state index contributed by atoms with van der Waals surface area (Å²) in [6, 6.07) is 6.42. The highest BCUT2D eigenvalue weighted by Crippen LogP contribution is 2.29. The molecule has 9 heteroatoms. The lowest BCUT2D eigenvalue weighted by Gasteiger charge is -2.29. The number of aryl methyl sites for hydroxylation is 1. The summed E-state index contributed by atoms with van der Waals surface area (Å²) in [7, 11) is 0. The van der Waals surface area contributed by atoms with E-state index in [1.54, 1.807) is 25.1 Å². The Morgan fingerprint density at radius 3 is 2.46 bits per heavy atom. The van der Waals surface area contributed by atoms with Gasteiger partial charge in [0.25, 0.3) is 5.91 Å². The van der Waals surface area contributed by atoms with Crippen molar-refractivity contribution in [3.63, 3.8) is 0 Å². The topological polar surface area (TPSA) is 71.8 Å². The summed E-state index contributed by atoms with van der Waals surface area (Å²) >= 11 is 12.5. The van der Waals surface area contributed by atoms with Crippen molar-refractivity contribution in [2.45, 2.75) is 50.7 Å². The van der Waals surface area contributed by atoms with Gasteiger partial charge in [-0.15, -0.1) is 17.5 Å². The molecule has 2 aliphatic rings. The number of aromatic nitrogens is 3. The lowest BCUT2D eigenvalue weighted by Crippen LogP contribution is -2.48. The van der Waals surface area contributed by atoms with Crippen LogP contribution in [-0.4, -0.2) is 38.8 Å². The van der Waals surface area contributed by atoms with E-state index in [1.807, 2.05) is 0 Å². The van der Waals surface area contributed by atoms with Crippen LogP contribution in [0.5, 0.6) is 0 Å². The number of benzene rings is 1. The Bertz CT molecular complexity index is 792. The standard InChI is InChI=1S/C17H19Cl2N5O.ClH/c1-9-20-16(23-24(9)15-13(18)3-2-4-14(15)19)17(25)22-12-7-10-5-6-11(8-12)21-10;/h2-4,10-12,21H,5-8H2,1H3,(H,22,25);1H. The smallest absolute Gasteiger partial charge is 0.291 e. The van der Waals surface area contributed by atoms with Crippen LogP contribution in [0.2, 0.25) is 10.0 Å². The van der Waals surface area contributed by atoms with Gasteiger partial charge in [0.05, 0.1) is 10.0 Å². The molecule has 0 spiro atoms. The molecule has 2 aromatic rings. The van der Waals surface area contributed by atoms with Gasteiger partial charge >= 0.3 is 0 Å². The molecule has 140 valence electrons. The number of piperidine rings is 1. The third-order valence-electron chi connectivity index (χ3n) is 4.93. The van der Waals surface area contributed by atoms with Crippen molar-refractivity contribution >= 4 is 41.5 Å². The zero-order valence-corrected chi connectivity index (χ0v) is 16.5. The van der Waals surface area contributed by atoms with Crippen LogP contribution in [0, 0.1) is 6.92 Å². The summed E-state index contributed by atoms with van der Waals surface area (Å²) in [4.78, 5) is 16.9. The lowest BCUT2D eigenvalue weighted by molar-refractivity contribution is 0.0913. The molecule has 0 aliphatic carbocycles. The van der Waals surface area contributed by atoms with Crippen LogP contribution in [-0.2, 0) is 0 Å². The van der Waals surface area contributed by atoms with Gasteiger partial charge < -0.3 is 10.6 Å². The van der Waals surface area contributed by atoms with Crippen molar-refractivity contribution < 1.29 is 4.79 Å². The molecule has 6 nitrogen and oxygen atoms in total. The summed E-state index contributed by atoms with van der Waals surface area (Å²) < 4.78 is 1.52. The van der Waals surface area contributed by atoms with E-state index >= 15 is 0 Å². The summed E-state index contributed by atoms with van der Waals surface area (Å²) in [5.41, 5.74) is 0.537. The van der Waals surface area contributed by atoms with Crippen molar-refractivity contribution in [1.29, 1.82) is 0 Å². The van der Waals surface area contributed by atoms with E-state index in [2.05, 4.69) is 20.7 Å². The van der Waals surface area contributed by atoms with Gasteiger partial charge in [-0.1, -0.05) is 29.3 Å². The van der Waals surface area contributed by atoms with E-state index in [-0.39, 0.29) is 30.2 Å². The van der Waals surface area contributed by atoms with Crippen molar-refractivity contribution in [2.24, 2.45) is 0 Å². The molecule has 2 N–H and O–H groups in total. The minimum absolute atomic E-state index is 0. The molecule has 0 radical (unpaired) electrons. The number of carbonyl (C=O) groups is 1. The van der Waals surface area contributed by atoms with E-state index in [4.69, 9.17) is 23.2 Å². The molecule has 4 rings (SSSR count). The van der Waals surface area contributed by atoms with Gasteiger partial charge in [-0.3, -0.25) is 4.79 Å². The van der Waals surface area contributed by atoms with Gasteiger partial charge in [-0.25, -0.2) is 9.67 Å². The first-order valence-corrected chi connectivity index (χ1v) is 9.22. The molecule has 2 fully saturated rings. The molecule has 1 aromatic heterocycles. The summed E-state index contributed by atoms with van der Waals surface area (Å²) in [6.45, 7) is 1.77. The Morgan fingerprint density at radius 1 is 1.23 bits per heavy atom. The van der Waals surface area contributed by atoms with Gasteiger partial charge in [0.2, 0.25) is 5.82 Å². The minimum Gasteiger partial charge on any atom is -0.346 e. The van der Waals surface area contributed by atoms with Gasteiger partial charge in [-0.05, 0) is 44.7 Å². The fourth-order valence-electron chi connectivity index (χ4n) is 3.81. The number of hydrogen-bond acceptors (Lipinski definition) is 4. The maximum absolute atomic E-state index is 12.6. The SMILES string of the molecule is Cc1nc(C(=O)NC2CC3CCC(C2)N3)nn1-c1c(Cl)cccc1Cl.Cl. The number of para-hydroxylation sites is 1. The molecular weight excluding hydrogens is 397 g/mol. The first-order valence-electron chi connectivity index (χ1n) is 8.46. The van der Waals surface area contributed by atoms with Crippen molar-refractivity contribution in [1.82, 2.24) is 25.4 Å². The number of halogens is 3. The average molecular weight is 417 g/mol. The van der Waals surface area contributed by atoms with Gasteiger partial charge in [-0.2, -0.15) is 0 Å². The second kappa shape index (κ2) is 7.72. The molecule has 0 saturated carbocycles. The molecule has 2 atom stereocenters. The zero-order valence-electron chi connectivity index (χ0n) is 14.2. The summed E-state index contributed by atoms with van der Waals surface area (Å²) in [5.74, 6) is 0.446. The maximum Gasteiger partial charge on any atom is 0.291 e. The van der Waals surface area contributed by atoms with Crippen molar-refractivity contribution in [3.8, 4) is 5.69 Å². The second-order valence-electron chi connectivity index (χ2n) is 6.74. The van der Waals surface area contributed by atoms with Gasteiger partial charge in [0.1, 0.15) is 11.5 Å². The molecule has 26 heavy (non-hydrogen) atoms. The molecule has 2 aliphatic heterocycles. The van der Waals surface area contributed by atoms with Crippen LogP contribution in [0.4, 0.5) is 0 Å². The first-order chi connectivity index (χ1) is 12.0. The van der Waals surface area contributed by atoms with Crippen LogP contribution >= 0.6 is 35.6 Å². The summed E-state index contributed by atoms with van der Waals surface area (Å²) in [5, 5.41) is 11.9. The van der Waals surface area contributed by atoms with Crippen molar-refractivity contribution in [3.05, 3.63) is 39.9 Å². The number of rotatable bonds is 3. The maximum atomic E-state index is 12.6. The Hall–Kier alpha value is -1.34. The highest BCUT2D eigenvalue weighted by molar-refractivity contribution is 6.37. The fourth-order valence-corrected chi connectivity index (χ4v) is 4.37. The van der Waals surface area contributed by atoms with E-state index in [0.717, 1.165) is 12.8 Å². The second-order valence-corrected chi connectivity index (χ2v) is 7.56. The number of amides is 1. The third kappa shape index (κ3) is 3.69. The molecule has 1 aromatic carbocycles. The van der Waals surface area contributed by atoms with Gasteiger partial charge in [0.15, 0.2) is 0 Å². The largest absolute Gasteiger partial charge is 0.346 e. The molecule has 2 unspecified atom stereocenters. The molecular formula is C17H20Cl3N5O. The Balaban J connectivity index is 0.00000196. The minimum atomic E-state index is -0.253. The van der Waals surface area contributed by atoms with Crippen LogP contribution in [0.25, 0.3) is 5.69 Å². The first kappa shape index (κ1) is 19.4. The number of carbonyl (C=O) groups excluding carboxylic acids is 1. The van der Waals surface area contributed by atoms with E-state index in [1.165, 1.54) is 17.5 Å². The Morgan fingerprint density at radius 2 is 1.85 bits per heavy atom. The monoisotopic (exact) mass is 415 g/mol. The summed E-state index contributed by atoms with van der Waals surface area (Å²) in [6.07, 6.45) is 4.29. The predicted molar refractivity (Wildman–Crippen MR) is 104 cm³/mol. The van der Waals surface area contributed by atoms with Crippen molar-refractivity contribution in [2.75, 3.05) is 0 Å². The molecule has 2 saturated heterocycles. The number of nitrogens with one attached hydrogen (secondary N) is 2. The highest BCUT2D eigenvalue weighted by atomic mass is 35.5. The van der Waals surface area contributed by atoms with Crippen LogP contribution in [0.15, 0.2) is 18.2 Å². The average Bonchev–Trinajstić information content (AvgIpc) is 3.10. The quantitative estimate of drug-likeness (QED) is 0.805. The fraction of sp³-hybridized carbons (Fsp3) is 0.471. The third-order valence-corrected chi connectivity index (χ3v) is 5.54. The lowest BCUT2D eigenvalue weighted by atomic mass is 10.00. The zero-order chi connectivity index (χ0) is 17.6. The highest BCUT2D eigenvalue weighted by Gasteiger charge is 2.34. The molecule has 3 heterocycles. The van der Waals surface area contributed by atoms with Crippen LogP contribution in [0.3, 0.4) is 0 Å². The van der Waals surface area contributed by atoms with Crippen LogP contribution < -0.4 is 10.6 Å². The number of nitrogens with zero attached hydrogens (tertiary/aromatic N) is 3. The normalized spacial score (nSPS) is 24.2. The van der Waals surface area contributed by atoms with Crippen LogP contribution in [0.1, 0.15) is 42.1 Å². The van der Waals surface area contributed by atoms with E-state index in [0.29, 0.717) is 33.6 Å². The van der Waals surface area contributed by atoms with E-state index in [9.17, 15) is 4.79 Å². The Kier molecular flexibility index (Phi) is 5.77. The molecule has 2 bridgehead atoms. The Labute approximate surface area is 168 Å². The predicted octanol–water partition coefficient (Wildman–Crippen LogP) is 3.32. The molecule has 1 amide bonds.